The molecule has 2 saturated heterocycles. The number of carbonyl (C=O) groups excluding carboxylic acids is 1. The molecule has 0 bridgehead atoms. The van der Waals surface area contributed by atoms with Gasteiger partial charge >= 0.3 is 0 Å². The molecular formula is C34H41Cl2N3O2S. The highest BCUT2D eigenvalue weighted by Gasteiger charge is 2.41. The Labute approximate surface area is 264 Å². The van der Waals surface area contributed by atoms with Crippen molar-refractivity contribution in [3.05, 3.63) is 74.4 Å². The molecule has 0 N–H and O–H groups in total. The normalized spacial score (nSPS) is 22.2. The molecule has 2 atom stereocenters. The van der Waals surface area contributed by atoms with Gasteiger partial charge in [-0.05, 0) is 98.7 Å². The molecule has 0 unspecified atom stereocenters. The maximum atomic E-state index is 13.4. The molecule has 42 heavy (non-hydrogen) atoms. The molecule has 1 saturated carbocycles. The number of likely N-dealkylation sites (tertiary alicyclic amines) is 1. The number of piperidine rings is 1. The first-order valence-corrected chi connectivity index (χ1v) is 16.9. The van der Waals surface area contributed by atoms with Crippen LogP contribution < -0.4 is 4.74 Å². The molecule has 3 aliphatic rings. The van der Waals surface area contributed by atoms with Gasteiger partial charge in [-0.15, -0.1) is 11.3 Å². The maximum Gasteiger partial charge on any atom is 0.267 e. The van der Waals surface area contributed by atoms with Gasteiger partial charge in [-0.3, -0.25) is 14.6 Å². The molecule has 3 heterocycles. The van der Waals surface area contributed by atoms with Gasteiger partial charge in [0.1, 0.15) is 10.6 Å². The van der Waals surface area contributed by atoms with Crippen molar-refractivity contribution < 1.29 is 9.53 Å². The number of rotatable bonds is 8. The van der Waals surface area contributed by atoms with E-state index >= 15 is 0 Å². The molecule has 3 aromatic rings. The average Bonchev–Trinajstić information content (AvgIpc) is 3.70. The molecule has 1 aromatic heterocycles. The summed E-state index contributed by atoms with van der Waals surface area (Å²) in [5, 5.41) is 3.28. The van der Waals surface area contributed by atoms with Crippen molar-refractivity contribution in [3.63, 3.8) is 0 Å². The molecule has 5 nitrogen and oxygen atoms in total. The summed E-state index contributed by atoms with van der Waals surface area (Å²) in [6, 6.07) is 17.2. The van der Waals surface area contributed by atoms with Crippen LogP contribution in [0.2, 0.25) is 10.0 Å². The van der Waals surface area contributed by atoms with Crippen molar-refractivity contribution in [2.75, 3.05) is 39.3 Å². The highest BCUT2D eigenvalue weighted by atomic mass is 35.5. The first-order valence-electron chi connectivity index (χ1n) is 15.3. The number of hydrogen-bond acceptors (Lipinski definition) is 5. The van der Waals surface area contributed by atoms with Gasteiger partial charge < -0.3 is 9.64 Å². The van der Waals surface area contributed by atoms with Crippen LogP contribution in [0, 0.1) is 5.92 Å². The smallest absolute Gasteiger partial charge is 0.267 e. The Balaban J connectivity index is 1.03. The number of carbonyl (C=O) groups is 1. The molecule has 0 spiro atoms. The Morgan fingerprint density at radius 3 is 2.33 bits per heavy atom. The van der Waals surface area contributed by atoms with Crippen LogP contribution in [0.3, 0.4) is 0 Å². The average molecular weight is 627 g/mol. The van der Waals surface area contributed by atoms with Gasteiger partial charge in [0.05, 0.1) is 6.61 Å². The van der Waals surface area contributed by atoms with E-state index in [-0.39, 0.29) is 11.4 Å². The molecule has 8 heteroatoms. The number of hydrogen-bond donors (Lipinski definition) is 0. The monoisotopic (exact) mass is 625 g/mol. The van der Waals surface area contributed by atoms with E-state index in [1.165, 1.54) is 29.7 Å². The predicted octanol–water partition coefficient (Wildman–Crippen LogP) is 8.27. The summed E-state index contributed by atoms with van der Waals surface area (Å²) in [7, 11) is 0. The fraction of sp³-hybridized carbons (Fsp3) is 0.500. The zero-order valence-corrected chi connectivity index (χ0v) is 27.1. The van der Waals surface area contributed by atoms with Crippen molar-refractivity contribution in [1.82, 2.24) is 14.7 Å². The van der Waals surface area contributed by atoms with E-state index in [2.05, 4.69) is 54.8 Å². The minimum atomic E-state index is 0.112. The summed E-state index contributed by atoms with van der Waals surface area (Å²) in [4.78, 5) is 21.5. The van der Waals surface area contributed by atoms with E-state index in [0.29, 0.717) is 28.0 Å². The minimum Gasteiger partial charge on any atom is -0.492 e. The van der Waals surface area contributed by atoms with Crippen molar-refractivity contribution >= 4 is 40.4 Å². The van der Waals surface area contributed by atoms with E-state index in [0.717, 1.165) is 73.9 Å². The van der Waals surface area contributed by atoms with Gasteiger partial charge in [0.15, 0.2) is 0 Å². The van der Waals surface area contributed by atoms with Crippen LogP contribution in [-0.2, 0) is 0 Å². The number of benzene rings is 2. The van der Waals surface area contributed by atoms with Crippen molar-refractivity contribution in [2.24, 2.45) is 5.92 Å². The highest BCUT2D eigenvalue weighted by molar-refractivity contribution is 7.12. The second-order valence-electron chi connectivity index (χ2n) is 12.6. The van der Waals surface area contributed by atoms with Crippen molar-refractivity contribution in [3.8, 4) is 16.9 Å². The standard InChI is InChI=1S/C34H41Cl2N3O2S/c1-23-21-38(15-16-39(23)24(2)26-6-8-27(9-7-26)28-18-29(35)20-30(36)19-28)34(3)11-13-37(14-12-34)33(40)32-31(10-17-42-32)41-22-25-4-5-25/h6-10,17-20,23-25H,4-5,11-16,21-22H2,1-3H3/t23-,24+/m1/s1. The molecule has 2 aliphatic heterocycles. The summed E-state index contributed by atoms with van der Waals surface area (Å²) in [6.45, 7) is 12.5. The van der Waals surface area contributed by atoms with Gasteiger partial charge in [0.25, 0.3) is 5.91 Å². The first kappa shape index (κ1) is 30.0. The number of halogens is 2. The largest absolute Gasteiger partial charge is 0.492 e. The van der Waals surface area contributed by atoms with Gasteiger partial charge in [-0.1, -0.05) is 47.5 Å². The molecule has 224 valence electrons. The summed E-state index contributed by atoms with van der Waals surface area (Å²) < 4.78 is 6.00. The maximum absolute atomic E-state index is 13.4. The number of amides is 1. The third kappa shape index (κ3) is 6.53. The van der Waals surface area contributed by atoms with E-state index in [1.807, 2.05) is 28.5 Å². The fourth-order valence-corrected chi connectivity index (χ4v) is 7.94. The van der Waals surface area contributed by atoms with Gasteiger partial charge in [0, 0.05) is 60.4 Å². The van der Waals surface area contributed by atoms with Crippen LogP contribution in [0.4, 0.5) is 0 Å². The second-order valence-corrected chi connectivity index (χ2v) is 14.4. The lowest BCUT2D eigenvalue weighted by molar-refractivity contribution is -0.0277. The quantitative estimate of drug-likeness (QED) is 0.252. The number of ether oxygens (including phenoxy) is 1. The zero-order valence-electron chi connectivity index (χ0n) is 24.8. The molecule has 1 amide bonds. The van der Waals surface area contributed by atoms with Crippen LogP contribution in [0.25, 0.3) is 11.1 Å². The minimum absolute atomic E-state index is 0.112. The summed E-state index contributed by atoms with van der Waals surface area (Å²) in [5.74, 6) is 1.58. The second kappa shape index (κ2) is 12.5. The van der Waals surface area contributed by atoms with E-state index in [9.17, 15) is 4.79 Å². The molecule has 6 rings (SSSR count). The van der Waals surface area contributed by atoms with Crippen molar-refractivity contribution in [2.45, 2.75) is 64.1 Å². The number of piperazine rings is 1. The lowest BCUT2D eigenvalue weighted by atomic mass is 9.86. The van der Waals surface area contributed by atoms with E-state index in [1.54, 1.807) is 6.07 Å². The Hall–Kier alpha value is -2.09. The predicted molar refractivity (Wildman–Crippen MR) is 174 cm³/mol. The van der Waals surface area contributed by atoms with Crippen LogP contribution in [-0.4, -0.2) is 71.5 Å². The lowest BCUT2D eigenvalue weighted by Gasteiger charge is -2.52. The Morgan fingerprint density at radius 2 is 1.69 bits per heavy atom. The van der Waals surface area contributed by atoms with Crippen molar-refractivity contribution in [1.29, 1.82) is 0 Å². The highest BCUT2D eigenvalue weighted by Crippen LogP contribution is 2.36. The van der Waals surface area contributed by atoms with Crippen LogP contribution >= 0.6 is 34.5 Å². The van der Waals surface area contributed by atoms with Crippen LogP contribution in [0.1, 0.15) is 67.7 Å². The SMILES string of the molecule is C[C@@H]1CN(C2(C)CCN(C(=O)c3sccc3OCC3CC3)CC2)CCN1[C@@H](C)c1ccc(-c2cc(Cl)cc(Cl)c2)cc1. The molecule has 3 fully saturated rings. The molecule has 2 aromatic carbocycles. The Kier molecular flexibility index (Phi) is 8.91. The van der Waals surface area contributed by atoms with Gasteiger partial charge in [-0.25, -0.2) is 0 Å². The first-order chi connectivity index (χ1) is 20.2. The Bertz CT molecular complexity index is 1380. The fourth-order valence-electron chi connectivity index (χ4n) is 6.61. The molecular weight excluding hydrogens is 585 g/mol. The molecule has 1 aliphatic carbocycles. The third-order valence-electron chi connectivity index (χ3n) is 9.65. The van der Waals surface area contributed by atoms with Gasteiger partial charge in [0.2, 0.25) is 0 Å². The van der Waals surface area contributed by atoms with E-state index < -0.39 is 0 Å². The lowest BCUT2D eigenvalue weighted by Crippen LogP contribution is -2.62. The van der Waals surface area contributed by atoms with E-state index in [4.69, 9.17) is 27.9 Å². The van der Waals surface area contributed by atoms with Gasteiger partial charge in [-0.2, -0.15) is 0 Å². The Morgan fingerprint density at radius 1 is 1.00 bits per heavy atom. The molecule has 0 radical (unpaired) electrons. The third-order valence-corrected chi connectivity index (χ3v) is 11.0. The zero-order chi connectivity index (χ0) is 29.4. The number of nitrogens with zero attached hydrogens (tertiary/aromatic N) is 3. The summed E-state index contributed by atoms with van der Waals surface area (Å²) >= 11 is 14.0. The summed E-state index contributed by atoms with van der Waals surface area (Å²) in [5.41, 5.74) is 3.58. The number of thiophene rings is 1. The van der Waals surface area contributed by atoms with Crippen LogP contribution in [0.5, 0.6) is 5.75 Å². The summed E-state index contributed by atoms with van der Waals surface area (Å²) in [6.07, 6.45) is 4.50. The topological polar surface area (TPSA) is 36.0 Å². The van der Waals surface area contributed by atoms with Crippen LogP contribution in [0.15, 0.2) is 53.9 Å².